The largest absolute Gasteiger partial charge is 0.497 e. The molecule has 112 heavy (non-hydrogen) atoms. The van der Waals surface area contributed by atoms with Crippen LogP contribution >= 0.6 is 0 Å². The van der Waals surface area contributed by atoms with Gasteiger partial charge in [0.2, 0.25) is 0 Å². The summed E-state index contributed by atoms with van der Waals surface area (Å²) in [6, 6.07) is 24.0. The van der Waals surface area contributed by atoms with Crippen molar-refractivity contribution in [3.63, 3.8) is 0 Å². The summed E-state index contributed by atoms with van der Waals surface area (Å²) in [6.07, 6.45) is 0. The van der Waals surface area contributed by atoms with Gasteiger partial charge in [-0.3, -0.25) is 18.1 Å². The van der Waals surface area contributed by atoms with Gasteiger partial charge in [0.1, 0.15) is 31.1 Å². The van der Waals surface area contributed by atoms with Crippen LogP contribution in [0.25, 0.3) is 0 Å². The summed E-state index contributed by atoms with van der Waals surface area (Å²) in [7, 11) is -12.1. The van der Waals surface area contributed by atoms with Crippen LogP contribution in [0.15, 0.2) is 153 Å². The number of nitrogens with one attached hydrogen (secondary N) is 2. The van der Waals surface area contributed by atoms with E-state index < -0.39 is 200 Å². The zero-order valence-electron chi connectivity index (χ0n) is 57.9. The summed E-state index contributed by atoms with van der Waals surface area (Å²) in [5.41, 5.74) is -2.47. The molecule has 0 aromatic heterocycles. The molecule has 10 aromatic carbocycles. The number of sulfonamides is 4. The zero-order valence-corrected chi connectivity index (χ0v) is 61.2. The van der Waals surface area contributed by atoms with Crippen molar-refractivity contribution in [2.45, 2.75) is 46.5 Å². The van der Waals surface area contributed by atoms with Crippen LogP contribution in [-0.4, -0.2) is 76.3 Å². The molecule has 0 aliphatic rings. The fraction of sp³-hybridized carbons (Fsp3) is 0.143. The summed E-state index contributed by atoms with van der Waals surface area (Å²) in [5.74, 6) is -37.0. The van der Waals surface area contributed by atoms with Gasteiger partial charge >= 0.3 is 0 Å². The van der Waals surface area contributed by atoms with Crippen LogP contribution in [0.2, 0.25) is 0 Å². The van der Waals surface area contributed by atoms with E-state index in [4.69, 9.17) is 18.9 Å². The maximum atomic E-state index is 14.6. The number of ether oxygens (including phenoxy) is 6. The first kappa shape index (κ1) is 87.8. The van der Waals surface area contributed by atoms with Gasteiger partial charge in [-0.15, -0.1) is 0 Å². The Hall–Kier alpha value is -11.4. The lowest BCUT2D eigenvalue weighted by Crippen LogP contribution is -2.32. The van der Waals surface area contributed by atoms with Gasteiger partial charge in [-0.05, 0) is 97.8 Å². The van der Waals surface area contributed by atoms with Gasteiger partial charge in [-0.25, -0.2) is 121 Å². The quantitative estimate of drug-likeness (QED) is 0.0366. The SMILES string of the molecule is COc1ccc(CN(c2ccc(OC)c(F)c2)S(=O)(=O)c2c(C)c(F)c(F)c(F)c2F)cc1.COc1ccc(CN(c2ccc(OC)c(F)c2)S(=O)(=O)c2cc(F)c(F)c(F)c2F)cc1.COc1ccc(NS(=O)(=O)c2c(C)c(F)c(F)c(F)c2F)cc1F.COc1ccc(NS(=O)(=O)c2cc(F)c(F)c(F)c2F)cc1F. The molecular weight excluding hydrogens is 1630 g/mol. The zero-order chi connectivity index (χ0) is 83.7. The molecule has 18 nitrogen and oxygen atoms in total. The lowest BCUT2D eigenvalue weighted by Gasteiger charge is -2.26. The molecule has 0 aliphatic carbocycles. The molecule has 0 aliphatic heterocycles. The second-order valence-corrected chi connectivity index (χ2v) is 29.2. The predicted octanol–water partition coefficient (Wildman–Crippen LogP) is 16.6. The Kier molecular flexibility index (Phi) is 28.0. The normalized spacial score (nSPS) is 11.4. The van der Waals surface area contributed by atoms with Crippen molar-refractivity contribution in [1.82, 2.24) is 0 Å². The maximum absolute atomic E-state index is 14.6. The number of hydrogen-bond donors (Lipinski definition) is 2. The van der Waals surface area contributed by atoms with Crippen LogP contribution in [0.1, 0.15) is 22.3 Å². The first-order chi connectivity index (χ1) is 52.4. The Morgan fingerprint density at radius 2 is 0.589 bits per heavy atom. The van der Waals surface area contributed by atoms with E-state index >= 15 is 0 Å². The average molecular weight is 1680 g/mol. The highest BCUT2D eigenvalue weighted by atomic mass is 32.2. The van der Waals surface area contributed by atoms with E-state index in [1.54, 1.807) is 9.44 Å². The van der Waals surface area contributed by atoms with Gasteiger partial charge in [0, 0.05) is 47.5 Å². The van der Waals surface area contributed by atoms with Crippen LogP contribution < -0.4 is 46.5 Å². The topological polar surface area (TPSA) is 222 Å². The second-order valence-electron chi connectivity index (χ2n) is 22.3. The molecular formula is C70H52F20N4O14S4. The summed E-state index contributed by atoms with van der Waals surface area (Å²) in [4.78, 5) is -5.71. The third-order valence-corrected chi connectivity index (χ3v) is 21.9. The molecule has 2 N–H and O–H groups in total. The minimum atomic E-state index is -5.05. The molecule has 42 heteroatoms. The van der Waals surface area contributed by atoms with E-state index in [-0.39, 0.29) is 57.9 Å². The lowest BCUT2D eigenvalue weighted by molar-refractivity contribution is 0.386. The van der Waals surface area contributed by atoms with E-state index in [1.165, 1.54) is 97.3 Å². The molecule has 10 aromatic rings. The van der Waals surface area contributed by atoms with Gasteiger partial charge in [-0.2, -0.15) is 0 Å². The first-order valence-corrected chi connectivity index (χ1v) is 36.3. The lowest BCUT2D eigenvalue weighted by atomic mass is 10.2. The Balaban J connectivity index is 0.000000210. The number of rotatable bonds is 22. The Morgan fingerprint density at radius 3 is 0.946 bits per heavy atom. The highest BCUT2D eigenvalue weighted by Gasteiger charge is 2.38. The molecule has 0 amide bonds. The van der Waals surface area contributed by atoms with Crippen molar-refractivity contribution < 1.29 is 150 Å². The molecule has 0 spiro atoms. The van der Waals surface area contributed by atoms with E-state index in [0.29, 0.717) is 37.3 Å². The van der Waals surface area contributed by atoms with Crippen LogP contribution in [0.4, 0.5) is 111 Å². The fourth-order valence-corrected chi connectivity index (χ4v) is 15.4. The Bertz CT molecular complexity index is 5650. The van der Waals surface area contributed by atoms with Crippen molar-refractivity contribution in [2.24, 2.45) is 0 Å². The molecule has 0 saturated carbocycles. The summed E-state index contributed by atoms with van der Waals surface area (Å²) in [6.45, 7) is 0.619. The molecule has 0 unspecified atom stereocenters. The minimum absolute atomic E-state index is 0.0179. The van der Waals surface area contributed by atoms with Crippen molar-refractivity contribution >= 4 is 62.8 Å². The van der Waals surface area contributed by atoms with Crippen LogP contribution in [-0.2, 0) is 53.2 Å². The van der Waals surface area contributed by atoms with Crippen LogP contribution in [0.5, 0.6) is 34.5 Å². The number of nitrogens with zero attached hydrogens (tertiary/aromatic N) is 2. The number of halogens is 20. The van der Waals surface area contributed by atoms with Gasteiger partial charge in [-0.1, -0.05) is 24.3 Å². The number of hydrogen-bond acceptors (Lipinski definition) is 14. The number of benzene rings is 10. The highest BCUT2D eigenvalue weighted by molar-refractivity contribution is 7.93. The van der Waals surface area contributed by atoms with Gasteiger partial charge in [0.25, 0.3) is 40.1 Å². The first-order valence-electron chi connectivity index (χ1n) is 30.4. The molecule has 0 radical (unpaired) electrons. The van der Waals surface area contributed by atoms with Crippen molar-refractivity contribution in [3.8, 4) is 34.5 Å². The Morgan fingerprint density at radius 1 is 0.286 bits per heavy atom. The summed E-state index contributed by atoms with van der Waals surface area (Å²) >= 11 is 0. The molecule has 0 saturated heterocycles. The van der Waals surface area contributed by atoms with Gasteiger partial charge < -0.3 is 28.4 Å². The molecule has 0 fully saturated rings. The van der Waals surface area contributed by atoms with Gasteiger partial charge in [0.05, 0.1) is 78.5 Å². The fourth-order valence-electron chi connectivity index (χ4n) is 9.70. The Labute approximate surface area is 623 Å². The number of anilines is 4. The average Bonchev–Trinajstić information content (AvgIpc) is 0.744. The van der Waals surface area contributed by atoms with Gasteiger partial charge in [0.15, 0.2) is 139 Å². The molecule has 600 valence electrons. The predicted molar refractivity (Wildman–Crippen MR) is 361 cm³/mol. The standard InChI is InChI=1S/C22H18F5NO4S.C21H16F5NO4S.C14H10F5NO3S.C13H8F5NO3S/c1-12-18(24)19(25)20(26)21(27)22(12)33(29,30)28(11-13-4-7-15(31-2)8-5-13)14-6-9-17(32-3)16(23)10-14;1-30-14-6-3-12(4-7-14)11-27(13-5-8-17(31-2)15(22)9-13)32(28,29)18-10-16(23)19(24)21(26)20(18)25;1-6-10(16)11(17)12(18)13(19)14(6)24(21,22)20-7-3-4-9(23-2)8(15)5-7;1-22-9-3-2-6(4-7(9)14)19-23(20,21)10-5-8(15)11(16)13(18)12(10)17/h4-10H,11H2,1-3H3;3-10H,11H2,1-2H3;3-5,20H,1-2H3;2-5,19H,1H3. The summed E-state index contributed by atoms with van der Waals surface area (Å²) < 4.78 is 409. The molecule has 0 bridgehead atoms. The molecule has 10 rings (SSSR count). The monoisotopic (exact) mass is 1680 g/mol. The van der Waals surface area contributed by atoms with Crippen LogP contribution in [0.3, 0.4) is 0 Å². The van der Waals surface area contributed by atoms with E-state index in [9.17, 15) is 121 Å². The molecule has 0 heterocycles. The third-order valence-electron chi connectivity index (χ3n) is 15.3. The second kappa shape index (κ2) is 35.7. The molecule has 0 atom stereocenters. The minimum Gasteiger partial charge on any atom is -0.497 e. The highest BCUT2D eigenvalue weighted by Crippen LogP contribution is 2.38. The van der Waals surface area contributed by atoms with Crippen LogP contribution in [0, 0.1) is 130 Å². The van der Waals surface area contributed by atoms with E-state index in [0.717, 1.165) is 74.5 Å². The van der Waals surface area contributed by atoms with E-state index in [2.05, 4.69) is 9.47 Å². The van der Waals surface area contributed by atoms with Crippen molar-refractivity contribution in [1.29, 1.82) is 0 Å². The number of methoxy groups -OCH3 is 6. The van der Waals surface area contributed by atoms with Crippen molar-refractivity contribution in [3.05, 3.63) is 272 Å². The maximum Gasteiger partial charge on any atom is 0.268 e. The van der Waals surface area contributed by atoms with Crippen molar-refractivity contribution in [2.75, 3.05) is 60.7 Å². The van der Waals surface area contributed by atoms with E-state index in [1.807, 2.05) is 0 Å². The third kappa shape index (κ3) is 19.0. The summed E-state index contributed by atoms with van der Waals surface area (Å²) in [5, 5.41) is 0. The smallest absolute Gasteiger partial charge is 0.268 e.